The summed E-state index contributed by atoms with van der Waals surface area (Å²) in [7, 11) is 0. The first kappa shape index (κ1) is 15.3. The molecule has 0 saturated carbocycles. The van der Waals surface area contributed by atoms with E-state index in [-0.39, 0.29) is 40.4 Å². The Labute approximate surface area is 95.9 Å². The van der Waals surface area contributed by atoms with Gasteiger partial charge in [-0.2, -0.15) is 0 Å². The van der Waals surface area contributed by atoms with Crippen LogP contribution in [0.1, 0.15) is 0 Å². The molecule has 7 heteroatoms. The third-order valence-corrected chi connectivity index (χ3v) is 1.02. The van der Waals surface area contributed by atoms with Crippen LogP contribution in [0.4, 0.5) is 0 Å². The SMILES string of the molecule is O=C([O-])CNCCNCC(=O)[O-].[Cd+2]. The van der Waals surface area contributed by atoms with Crippen molar-refractivity contribution in [3.05, 3.63) is 0 Å². The topological polar surface area (TPSA) is 104 Å². The van der Waals surface area contributed by atoms with Crippen LogP contribution in [0.2, 0.25) is 0 Å². The maximum absolute atomic E-state index is 9.84. The predicted octanol–water partition coefficient (Wildman–Crippen LogP) is -4.34. The normalized spacial score (nSPS) is 8.92. The van der Waals surface area contributed by atoms with Gasteiger partial charge in [-0.15, -0.1) is 0 Å². The molecular formula is C6H10CdN2O4. The number of carboxylic acids is 2. The molecule has 0 aromatic carbocycles. The fourth-order valence-electron chi connectivity index (χ4n) is 0.558. The Morgan fingerprint density at radius 1 is 0.923 bits per heavy atom. The van der Waals surface area contributed by atoms with Gasteiger partial charge in [0.2, 0.25) is 0 Å². The summed E-state index contributed by atoms with van der Waals surface area (Å²) >= 11 is 0. The number of carboxylic acid groups (broad SMARTS) is 2. The van der Waals surface area contributed by atoms with Gasteiger partial charge in [0.05, 0.1) is 11.9 Å². The monoisotopic (exact) mass is 288 g/mol. The maximum Gasteiger partial charge on any atom is 2.00 e. The van der Waals surface area contributed by atoms with Crippen LogP contribution in [0.3, 0.4) is 0 Å². The molecule has 0 atom stereocenters. The molecule has 0 rings (SSSR count). The van der Waals surface area contributed by atoms with Gasteiger partial charge in [0.15, 0.2) is 0 Å². The summed E-state index contributed by atoms with van der Waals surface area (Å²) in [4.78, 5) is 19.7. The van der Waals surface area contributed by atoms with Gasteiger partial charge in [0.25, 0.3) is 0 Å². The second-order valence-electron chi connectivity index (χ2n) is 2.10. The van der Waals surface area contributed by atoms with Gasteiger partial charge in [-0.1, -0.05) is 0 Å². The zero-order chi connectivity index (χ0) is 9.40. The fraction of sp³-hybridized carbons (Fsp3) is 0.667. The van der Waals surface area contributed by atoms with Gasteiger partial charge in [0.1, 0.15) is 0 Å². The molecule has 0 heterocycles. The van der Waals surface area contributed by atoms with E-state index in [4.69, 9.17) is 0 Å². The molecule has 0 aromatic heterocycles. The summed E-state index contributed by atoms with van der Waals surface area (Å²) in [6.07, 6.45) is 0. The summed E-state index contributed by atoms with van der Waals surface area (Å²) in [6.45, 7) is 0.294. The van der Waals surface area contributed by atoms with Crippen LogP contribution in [0.25, 0.3) is 0 Å². The molecule has 0 aromatic rings. The van der Waals surface area contributed by atoms with Crippen LogP contribution in [0.15, 0.2) is 0 Å². The largest absolute Gasteiger partial charge is 2.00 e. The Bertz CT molecular complexity index is 147. The van der Waals surface area contributed by atoms with Gasteiger partial charge < -0.3 is 30.4 Å². The van der Waals surface area contributed by atoms with E-state index in [0.29, 0.717) is 13.1 Å². The maximum atomic E-state index is 9.84. The van der Waals surface area contributed by atoms with E-state index in [1.807, 2.05) is 0 Å². The first-order chi connectivity index (χ1) is 5.63. The number of nitrogens with one attached hydrogen (secondary N) is 2. The average molecular weight is 287 g/mol. The Balaban J connectivity index is 0. The Kier molecular flexibility index (Phi) is 11.6. The standard InChI is InChI=1S/C6H12N2O4.Cd/c9-5(10)3-7-1-2-8-4-6(11)12;/h7-8H,1-4H2,(H,9,10)(H,11,12);/q;+2/p-2. The molecule has 0 unspecified atom stereocenters. The minimum atomic E-state index is -1.19. The number of hydrogen-bond acceptors (Lipinski definition) is 6. The number of carbonyl (C=O) groups excluding carboxylic acids is 2. The molecule has 0 aliphatic carbocycles. The summed E-state index contributed by atoms with van der Waals surface area (Å²) in [5, 5.41) is 24.7. The second kappa shape index (κ2) is 9.87. The molecule has 0 amide bonds. The molecule has 0 aliphatic heterocycles. The average Bonchev–Trinajstić information content (AvgIpc) is 1.95. The summed E-state index contributed by atoms with van der Waals surface area (Å²) < 4.78 is 0. The van der Waals surface area contributed by atoms with Crippen molar-refractivity contribution in [1.29, 1.82) is 0 Å². The van der Waals surface area contributed by atoms with Crippen molar-refractivity contribution in [2.75, 3.05) is 26.2 Å². The van der Waals surface area contributed by atoms with E-state index >= 15 is 0 Å². The van der Waals surface area contributed by atoms with Crippen molar-refractivity contribution in [1.82, 2.24) is 10.6 Å². The van der Waals surface area contributed by atoms with Crippen LogP contribution in [0, 0.1) is 0 Å². The minimum Gasteiger partial charge on any atom is -0.549 e. The van der Waals surface area contributed by atoms with Crippen LogP contribution in [0.5, 0.6) is 0 Å². The summed E-state index contributed by atoms with van der Waals surface area (Å²) in [5.41, 5.74) is 0. The van der Waals surface area contributed by atoms with E-state index < -0.39 is 11.9 Å². The molecule has 70 valence electrons. The van der Waals surface area contributed by atoms with Crippen LogP contribution in [-0.4, -0.2) is 38.1 Å². The van der Waals surface area contributed by atoms with E-state index in [1.54, 1.807) is 0 Å². The van der Waals surface area contributed by atoms with Crippen molar-refractivity contribution in [3.8, 4) is 0 Å². The molecule has 0 bridgehead atoms. The number of carbonyl (C=O) groups is 2. The van der Waals surface area contributed by atoms with Crippen molar-refractivity contribution in [2.45, 2.75) is 0 Å². The number of aliphatic carboxylic acids is 2. The zero-order valence-corrected chi connectivity index (χ0v) is 11.2. The van der Waals surface area contributed by atoms with Gasteiger partial charge in [-0.25, -0.2) is 0 Å². The van der Waals surface area contributed by atoms with Gasteiger partial charge >= 0.3 is 27.3 Å². The Morgan fingerprint density at radius 2 is 1.23 bits per heavy atom. The Hall–Kier alpha value is -0.218. The molecular weight excluding hydrogens is 276 g/mol. The van der Waals surface area contributed by atoms with Crippen LogP contribution in [-0.2, 0) is 36.9 Å². The molecule has 13 heavy (non-hydrogen) atoms. The number of rotatable bonds is 7. The molecule has 2 N–H and O–H groups in total. The quantitative estimate of drug-likeness (QED) is 0.362. The predicted molar refractivity (Wildman–Crippen MR) is 35.8 cm³/mol. The van der Waals surface area contributed by atoms with Crippen LogP contribution < -0.4 is 20.8 Å². The molecule has 0 radical (unpaired) electrons. The van der Waals surface area contributed by atoms with E-state index in [1.165, 1.54) is 0 Å². The molecule has 6 nitrogen and oxygen atoms in total. The first-order valence-corrected chi connectivity index (χ1v) is 3.44. The first-order valence-electron chi connectivity index (χ1n) is 3.44. The third-order valence-electron chi connectivity index (χ3n) is 1.02. The molecule has 0 fully saturated rings. The minimum absolute atomic E-state index is 0. The van der Waals surface area contributed by atoms with E-state index in [0.717, 1.165) is 0 Å². The third kappa shape index (κ3) is 14.6. The fourth-order valence-corrected chi connectivity index (χ4v) is 0.558. The number of hydrogen-bond donors (Lipinski definition) is 2. The van der Waals surface area contributed by atoms with Crippen molar-refractivity contribution in [2.24, 2.45) is 0 Å². The smallest absolute Gasteiger partial charge is 0.549 e. The molecule has 0 aliphatic rings. The van der Waals surface area contributed by atoms with Gasteiger partial charge in [0, 0.05) is 26.2 Å². The van der Waals surface area contributed by atoms with Gasteiger partial charge in [-0.05, 0) is 0 Å². The summed E-state index contributed by atoms with van der Waals surface area (Å²) in [5.74, 6) is -2.37. The van der Waals surface area contributed by atoms with Gasteiger partial charge in [-0.3, -0.25) is 0 Å². The zero-order valence-electron chi connectivity index (χ0n) is 7.17. The second-order valence-corrected chi connectivity index (χ2v) is 2.10. The van der Waals surface area contributed by atoms with Crippen molar-refractivity contribution >= 4 is 11.9 Å². The van der Waals surface area contributed by atoms with Crippen molar-refractivity contribution in [3.63, 3.8) is 0 Å². The Morgan fingerprint density at radius 3 is 1.46 bits per heavy atom. The van der Waals surface area contributed by atoms with Crippen LogP contribution >= 0.6 is 0 Å². The molecule has 0 saturated heterocycles. The van der Waals surface area contributed by atoms with E-state index in [9.17, 15) is 19.8 Å². The van der Waals surface area contributed by atoms with Crippen molar-refractivity contribution < 1.29 is 47.1 Å². The van der Waals surface area contributed by atoms with E-state index in [2.05, 4.69) is 10.6 Å². The summed E-state index contributed by atoms with van der Waals surface area (Å²) in [6, 6.07) is 0. The molecule has 0 spiro atoms.